The molecule has 0 aromatic heterocycles. The number of carbonyl (C=O) groups is 1. The lowest BCUT2D eigenvalue weighted by Gasteiger charge is -2.11. The molecule has 0 amide bonds. The molecule has 6 heteroatoms. The van der Waals surface area contributed by atoms with Gasteiger partial charge in [0.15, 0.2) is 5.70 Å². The van der Waals surface area contributed by atoms with Crippen LogP contribution < -0.4 is 4.74 Å². The van der Waals surface area contributed by atoms with Crippen molar-refractivity contribution in [2.24, 2.45) is 4.99 Å². The summed E-state index contributed by atoms with van der Waals surface area (Å²) in [6.45, 7) is 2.51. The second-order valence-corrected chi connectivity index (χ2v) is 9.11. The first-order valence-corrected chi connectivity index (χ1v) is 11.4. The third-order valence-corrected chi connectivity index (χ3v) is 6.07. The third-order valence-electron chi connectivity index (χ3n) is 4.47. The first kappa shape index (κ1) is 21.0. The number of cyclic esters (lactones) is 1. The number of ether oxygens (including phenoxy) is 2. The number of aryl methyl sites for hydroxylation is 1. The molecule has 3 aromatic carbocycles. The number of halogens is 2. The Kier molecular flexibility index (Phi) is 6.52. The molecule has 0 N–H and O–H groups in total. The van der Waals surface area contributed by atoms with E-state index in [4.69, 9.17) is 9.47 Å². The van der Waals surface area contributed by atoms with Gasteiger partial charge in [0.25, 0.3) is 0 Å². The molecular formula is C24H17I2NO3. The van der Waals surface area contributed by atoms with Crippen LogP contribution >= 0.6 is 45.2 Å². The molecular weight excluding hydrogens is 604 g/mol. The number of hydrogen-bond donors (Lipinski definition) is 0. The summed E-state index contributed by atoms with van der Waals surface area (Å²) in [6, 6.07) is 21.7. The highest BCUT2D eigenvalue weighted by atomic mass is 127. The minimum absolute atomic E-state index is 0.287. The highest BCUT2D eigenvalue weighted by molar-refractivity contribution is 14.1. The number of hydrogen-bond acceptors (Lipinski definition) is 4. The highest BCUT2D eigenvalue weighted by Crippen LogP contribution is 2.31. The second-order valence-electron chi connectivity index (χ2n) is 6.79. The van der Waals surface area contributed by atoms with Crippen molar-refractivity contribution in [3.8, 4) is 5.75 Å². The van der Waals surface area contributed by atoms with Crippen LogP contribution in [0.3, 0.4) is 0 Å². The minimum Gasteiger partial charge on any atom is -0.487 e. The zero-order valence-corrected chi connectivity index (χ0v) is 20.4. The summed E-state index contributed by atoms with van der Waals surface area (Å²) in [5, 5.41) is 0. The smallest absolute Gasteiger partial charge is 0.363 e. The molecule has 0 aliphatic carbocycles. The van der Waals surface area contributed by atoms with E-state index in [2.05, 4.69) is 50.2 Å². The number of aliphatic imine (C=N–C) groups is 1. The fraction of sp³-hybridized carbons (Fsp3) is 0.0833. The van der Waals surface area contributed by atoms with Crippen LogP contribution in [0.15, 0.2) is 77.4 Å². The Hall–Kier alpha value is -2.20. The molecule has 0 saturated carbocycles. The van der Waals surface area contributed by atoms with Crippen molar-refractivity contribution < 1.29 is 14.3 Å². The van der Waals surface area contributed by atoms with Gasteiger partial charge in [0.2, 0.25) is 5.90 Å². The Morgan fingerprint density at radius 3 is 2.33 bits per heavy atom. The quantitative estimate of drug-likeness (QED) is 0.196. The van der Waals surface area contributed by atoms with Crippen LogP contribution in [0.1, 0.15) is 22.3 Å². The number of benzene rings is 3. The van der Waals surface area contributed by atoms with E-state index in [1.165, 1.54) is 0 Å². The molecule has 30 heavy (non-hydrogen) atoms. The number of carbonyl (C=O) groups excluding carboxylic acids is 1. The molecule has 0 unspecified atom stereocenters. The van der Waals surface area contributed by atoms with Gasteiger partial charge in [-0.1, -0.05) is 48.0 Å². The van der Waals surface area contributed by atoms with E-state index in [-0.39, 0.29) is 5.70 Å². The van der Waals surface area contributed by atoms with E-state index in [1.54, 1.807) is 6.08 Å². The van der Waals surface area contributed by atoms with Gasteiger partial charge in [0.05, 0.1) is 7.14 Å². The SMILES string of the molecule is Cc1ccc(C2=N/C(=C\c3cc(I)c(OCc4ccccc4)c(I)c3)C(=O)O2)cc1. The zero-order valence-electron chi connectivity index (χ0n) is 16.1. The molecule has 150 valence electrons. The van der Waals surface area contributed by atoms with E-state index in [0.29, 0.717) is 12.5 Å². The average Bonchev–Trinajstić information content (AvgIpc) is 3.09. The average molecular weight is 621 g/mol. The largest absolute Gasteiger partial charge is 0.487 e. The van der Waals surface area contributed by atoms with Crippen molar-refractivity contribution in [3.63, 3.8) is 0 Å². The molecule has 1 heterocycles. The Bertz CT molecular complexity index is 1130. The highest BCUT2D eigenvalue weighted by Gasteiger charge is 2.24. The molecule has 0 fully saturated rings. The van der Waals surface area contributed by atoms with E-state index < -0.39 is 5.97 Å². The van der Waals surface area contributed by atoms with Crippen molar-refractivity contribution in [2.75, 3.05) is 0 Å². The first-order valence-electron chi connectivity index (χ1n) is 9.25. The summed E-state index contributed by atoms with van der Waals surface area (Å²) < 4.78 is 13.3. The molecule has 0 saturated heterocycles. The van der Waals surface area contributed by atoms with Crippen LogP contribution in [0.25, 0.3) is 6.08 Å². The van der Waals surface area contributed by atoms with Crippen LogP contribution in [0.4, 0.5) is 0 Å². The van der Waals surface area contributed by atoms with E-state index in [1.807, 2.05) is 73.7 Å². The van der Waals surface area contributed by atoms with Gasteiger partial charge < -0.3 is 9.47 Å². The summed E-state index contributed by atoms with van der Waals surface area (Å²) in [6.07, 6.45) is 1.74. The van der Waals surface area contributed by atoms with Crippen molar-refractivity contribution >= 4 is 63.1 Å². The van der Waals surface area contributed by atoms with Crippen molar-refractivity contribution in [1.82, 2.24) is 0 Å². The fourth-order valence-electron chi connectivity index (χ4n) is 2.92. The summed E-state index contributed by atoms with van der Waals surface area (Å²) in [7, 11) is 0. The maximum absolute atomic E-state index is 12.3. The zero-order chi connectivity index (χ0) is 21.1. The van der Waals surface area contributed by atoms with Gasteiger partial charge in [-0.2, -0.15) is 0 Å². The number of nitrogens with zero attached hydrogens (tertiary/aromatic N) is 1. The van der Waals surface area contributed by atoms with Crippen LogP contribution in [-0.2, 0) is 16.1 Å². The van der Waals surface area contributed by atoms with Crippen LogP contribution in [0.2, 0.25) is 0 Å². The van der Waals surface area contributed by atoms with Gasteiger partial charge in [-0.3, -0.25) is 0 Å². The van der Waals surface area contributed by atoms with Crippen molar-refractivity contribution in [3.05, 3.63) is 102 Å². The predicted octanol–water partition coefficient (Wildman–Crippen LogP) is 6.13. The number of esters is 1. The lowest BCUT2D eigenvalue weighted by molar-refractivity contribution is -0.129. The summed E-state index contributed by atoms with van der Waals surface area (Å²) in [5.74, 6) is 0.721. The first-order chi connectivity index (χ1) is 14.5. The van der Waals surface area contributed by atoms with Gasteiger partial charge in [-0.25, -0.2) is 9.79 Å². The fourth-order valence-corrected chi connectivity index (χ4v) is 5.04. The Morgan fingerprint density at radius 1 is 1.00 bits per heavy atom. The molecule has 0 atom stereocenters. The molecule has 1 aliphatic rings. The maximum Gasteiger partial charge on any atom is 0.363 e. The van der Waals surface area contributed by atoms with Gasteiger partial charge >= 0.3 is 5.97 Å². The van der Waals surface area contributed by atoms with Gasteiger partial charge in [-0.05, 0) is 93.6 Å². The normalized spacial score (nSPS) is 14.6. The maximum atomic E-state index is 12.3. The van der Waals surface area contributed by atoms with E-state index in [0.717, 1.165) is 35.1 Å². The lowest BCUT2D eigenvalue weighted by Crippen LogP contribution is -2.05. The van der Waals surface area contributed by atoms with E-state index >= 15 is 0 Å². The van der Waals surface area contributed by atoms with Gasteiger partial charge in [0, 0.05) is 5.56 Å². The molecule has 0 spiro atoms. The minimum atomic E-state index is -0.444. The molecule has 4 nitrogen and oxygen atoms in total. The van der Waals surface area contributed by atoms with Crippen LogP contribution in [-0.4, -0.2) is 11.9 Å². The van der Waals surface area contributed by atoms with Crippen LogP contribution in [0, 0.1) is 14.1 Å². The molecule has 1 aliphatic heterocycles. The molecule has 0 bridgehead atoms. The molecule has 4 rings (SSSR count). The monoisotopic (exact) mass is 621 g/mol. The van der Waals surface area contributed by atoms with Gasteiger partial charge in [-0.15, -0.1) is 0 Å². The second kappa shape index (κ2) is 9.30. The summed E-state index contributed by atoms with van der Waals surface area (Å²) in [5.41, 5.74) is 4.19. The topological polar surface area (TPSA) is 47.9 Å². The van der Waals surface area contributed by atoms with Crippen molar-refractivity contribution in [2.45, 2.75) is 13.5 Å². The Labute approximate surface area is 202 Å². The lowest BCUT2D eigenvalue weighted by atomic mass is 10.1. The summed E-state index contributed by atoms with van der Waals surface area (Å²) in [4.78, 5) is 16.7. The molecule has 0 radical (unpaired) electrons. The van der Waals surface area contributed by atoms with Gasteiger partial charge in [0.1, 0.15) is 12.4 Å². The predicted molar refractivity (Wildman–Crippen MR) is 134 cm³/mol. The third kappa shape index (κ3) is 4.92. The summed E-state index contributed by atoms with van der Waals surface area (Å²) >= 11 is 4.50. The number of rotatable bonds is 5. The van der Waals surface area contributed by atoms with E-state index in [9.17, 15) is 4.79 Å². The standard InChI is InChI=1S/C24H17I2NO3/c1-15-7-9-18(10-8-15)23-27-21(24(28)30-23)13-17-11-19(25)22(20(26)12-17)29-14-16-5-3-2-4-6-16/h2-13H,14H2,1H3/b21-13-. The molecule has 3 aromatic rings. The van der Waals surface area contributed by atoms with Crippen molar-refractivity contribution in [1.29, 1.82) is 0 Å². The van der Waals surface area contributed by atoms with Crippen LogP contribution in [0.5, 0.6) is 5.75 Å². The Balaban J connectivity index is 1.56. The Morgan fingerprint density at radius 2 is 1.67 bits per heavy atom.